The van der Waals surface area contributed by atoms with Crippen LogP contribution in [0.15, 0.2) is 36.4 Å². The monoisotopic (exact) mass is 370 g/mol. The van der Waals surface area contributed by atoms with Crippen molar-refractivity contribution in [3.8, 4) is 17.2 Å². The molecule has 0 saturated carbocycles. The van der Waals surface area contributed by atoms with Crippen LogP contribution >= 0.6 is 0 Å². The highest BCUT2D eigenvalue weighted by molar-refractivity contribution is 5.99. The zero-order valence-corrected chi connectivity index (χ0v) is 15.6. The predicted molar refractivity (Wildman–Crippen MR) is 102 cm³/mol. The molecular formula is C20H22N2O5. The summed E-state index contributed by atoms with van der Waals surface area (Å²) in [6, 6.07) is 10.8. The Labute approximate surface area is 157 Å². The number of benzene rings is 2. The first-order chi connectivity index (χ1) is 13.0. The van der Waals surface area contributed by atoms with Gasteiger partial charge in [0.1, 0.15) is 5.75 Å². The van der Waals surface area contributed by atoms with Gasteiger partial charge < -0.3 is 24.4 Å². The van der Waals surface area contributed by atoms with Crippen molar-refractivity contribution in [2.75, 3.05) is 37.6 Å². The summed E-state index contributed by atoms with van der Waals surface area (Å²) in [6.45, 7) is 2.20. The van der Waals surface area contributed by atoms with E-state index in [1.165, 1.54) is 7.11 Å². The number of hydrogen-bond acceptors (Lipinski definition) is 5. The summed E-state index contributed by atoms with van der Waals surface area (Å²) in [5, 5.41) is 2.81. The first-order valence-electron chi connectivity index (χ1n) is 8.57. The number of ether oxygens (including phenoxy) is 3. The average molecular weight is 370 g/mol. The lowest BCUT2D eigenvalue weighted by atomic mass is 10.1. The quantitative estimate of drug-likeness (QED) is 0.846. The van der Waals surface area contributed by atoms with Crippen molar-refractivity contribution in [2.45, 2.75) is 13.3 Å². The average Bonchev–Trinajstić information content (AvgIpc) is 2.67. The molecule has 0 radical (unpaired) electrons. The normalized spacial score (nSPS) is 12.9. The van der Waals surface area contributed by atoms with Crippen molar-refractivity contribution in [1.82, 2.24) is 0 Å². The van der Waals surface area contributed by atoms with Gasteiger partial charge in [0.15, 0.2) is 18.1 Å². The van der Waals surface area contributed by atoms with Crippen LogP contribution < -0.4 is 24.4 Å². The molecule has 7 nitrogen and oxygen atoms in total. The van der Waals surface area contributed by atoms with Crippen LogP contribution in [0.1, 0.15) is 12.0 Å². The van der Waals surface area contributed by atoms with Gasteiger partial charge in [-0.25, -0.2) is 0 Å². The third kappa shape index (κ3) is 4.13. The van der Waals surface area contributed by atoms with Crippen molar-refractivity contribution in [3.63, 3.8) is 0 Å². The Bertz CT molecular complexity index is 865. The van der Waals surface area contributed by atoms with Gasteiger partial charge in [0.2, 0.25) is 5.91 Å². The molecule has 2 amide bonds. The van der Waals surface area contributed by atoms with Gasteiger partial charge in [-0.15, -0.1) is 0 Å². The standard InChI is InChI=1S/C20H22N2O5/c1-13-4-6-16-15(10-13)22(20(24)12-27-16)9-8-19(23)21-14-5-7-17(25-2)18(11-14)26-3/h4-7,10-11H,8-9,12H2,1-3H3,(H,21,23). The Hall–Kier alpha value is -3.22. The molecule has 0 bridgehead atoms. The van der Waals surface area contributed by atoms with Crippen LogP contribution in [0.5, 0.6) is 17.2 Å². The highest BCUT2D eigenvalue weighted by Gasteiger charge is 2.25. The van der Waals surface area contributed by atoms with Gasteiger partial charge in [-0.05, 0) is 36.8 Å². The lowest BCUT2D eigenvalue weighted by molar-refractivity contribution is -0.121. The number of aryl methyl sites for hydroxylation is 1. The van der Waals surface area contributed by atoms with E-state index in [1.54, 1.807) is 30.2 Å². The number of rotatable bonds is 6. The zero-order chi connectivity index (χ0) is 19.4. The number of methoxy groups -OCH3 is 2. The van der Waals surface area contributed by atoms with E-state index in [0.717, 1.165) is 5.56 Å². The van der Waals surface area contributed by atoms with E-state index in [4.69, 9.17) is 14.2 Å². The van der Waals surface area contributed by atoms with Crippen molar-refractivity contribution in [3.05, 3.63) is 42.0 Å². The first kappa shape index (κ1) is 18.6. The van der Waals surface area contributed by atoms with Gasteiger partial charge in [-0.3, -0.25) is 9.59 Å². The summed E-state index contributed by atoms with van der Waals surface area (Å²) in [4.78, 5) is 26.2. The smallest absolute Gasteiger partial charge is 0.265 e. The third-order valence-corrected chi connectivity index (χ3v) is 4.29. The molecule has 2 aromatic carbocycles. The maximum absolute atomic E-state index is 12.3. The van der Waals surface area contributed by atoms with Crippen molar-refractivity contribution in [1.29, 1.82) is 0 Å². The number of nitrogens with one attached hydrogen (secondary N) is 1. The Morgan fingerprint density at radius 1 is 1.15 bits per heavy atom. The summed E-state index contributed by atoms with van der Waals surface area (Å²) >= 11 is 0. The number of hydrogen-bond donors (Lipinski definition) is 1. The largest absolute Gasteiger partial charge is 0.493 e. The van der Waals surface area contributed by atoms with E-state index in [2.05, 4.69) is 5.32 Å². The minimum atomic E-state index is -0.198. The maximum Gasteiger partial charge on any atom is 0.265 e. The lowest BCUT2D eigenvalue weighted by Gasteiger charge is -2.29. The molecule has 0 atom stereocenters. The van der Waals surface area contributed by atoms with E-state index >= 15 is 0 Å². The number of anilines is 2. The molecule has 0 aromatic heterocycles. The summed E-state index contributed by atoms with van der Waals surface area (Å²) in [6.07, 6.45) is 0.160. The van der Waals surface area contributed by atoms with E-state index < -0.39 is 0 Å². The van der Waals surface area contributed by atoms with E-state index in [-0.39, 0.29) is 31.4 Å². The molecule has 7 heteroatoms. The van der Waals surface area contributed by atoms with Gasteiger partial charge in [-0.1, -0.05) is 6.07 Å². The molecule has 142 valence electrons. The van der Waals surface area contributed by atoms with Crippen molar-refractivity contribution in [2.24, 2.45) is 0 Å². The van der Waals surface area contributed by atoms with E-state index in [0.29, 0.717) is 28.6 Å². The van der Waals surface area contributed by atoms with Crippen LogP contribution in [0, 0.1) is 6.92 Å². The maximum atomic E-state index is 12.3. The lowest BCUT2D eigenvalue weighted by Crippen LogP contribution is -2.40. The molecule has 0 aliphatic carbocycles. The summed E-state index contributed by atoms with van der Waals surface area (Å²) < 4.78 is 15.9. The molecule has 1 aliphatic rings. The van der Waals surface area contributed by atoms with Crippen LogP contribution in [0.2, 0.25) is 0 Å². The molecular weight excluding hydrogens is 348 g/mol. The fraction of sp³-hybridized carbons (Fsp3) is 0.300. The molecule has 1 aliphatic heterocycles. The zero-order valence-electron chi connectivity index (χ0n) is 15.6. The molecule has 1 N–H and O–H groups in total. The highest BCUT2D eigenvalue weighted by atomic mass is 16.5. The summed E-state index contributed by atoms with van der Waals surface area (Å²) in [7, 11) is 3.09. The fourth-order valence-corrected chi connectivity index (χ4v) is 2.91. The van der Waals surface area contributed by atoms with Crippen LogP contribution in [0.3, 0.4) is 0 Å². The summed E-state index contributed by atoms with van der Waals surface area (Å²) in [5.74, 6) is 1.41. The SMILES string of the molecule is COc1ccc(NC(=O)CCN2C(=O)COc3ccc(C)cc32)cc1OC. The van der Waals surface area contributed by atoms with Gasteiger partial charge in [0, 0.05) is 24.7 Å². The Morgan fingerprint density at radius 3 is 2.67 bits per heavy atom. The number of fused-ring (bicyclic) bond motifs is 1. The van der Waals surface area contributed by atoms with Crippen LogP contribution in [0.25, 0.3) is 0 Å². The number of carbonyl (C=O) groups excluding carboxylic acids is 2. The molecule has 0 unspecified atom stereocenters. The minimum absolute atomic E-state index is 0.0205. The van der Waals surface area contributed by atoms with Crippen LogP contribution in [-0.4, -0.2) is 39.2 Å². The Morgan fingerprint density at radius 2 is 1.93 bits per heavy atom. The Balaban J connectivity index is 1.66. The number of carbonyl (C=O) groups is 2. The summed E-state index contributed by atoms with van der Waals surface area (Å²) in [5.41, 5.74) is 2.32. The number of nitrogens with zero attached hydrogens (tertiary/aromatic N) is 1. The predicted octanol–water partition coefficient (Wildman–Crippen LogP) is 2.77. The van der Waals surface area contributed by atoms with Crippen LogP contribution in [0.4, 0.5) is 11.4 Å². The second-order valence-electron chi connectivity index (χ2n) is 6.17. The molecule has 27 heavy (non-hydrogen) atoms. The topological polar surface area (TPSA) is 77.1 Å². The molecule has 2 aromatic rings. The second kappa shape index (κ2) is 7.99. The molecule has 0 spiro atoms. The van der Waals surface area contributed by atoms with Gasteiger partial charge in [0.05, 0.1) is 19.9 Å². The van der Waals surface area contributed by atoms with Gasteiger partial charge in [0.25, 0.3) is 5.91 Å². The van der Waals surface area contributed by atoms with E-state index in [1.807, 2.05) is 25.1 Å². The van der Waals surface area contributed by atoms with Crippen LogP contribution in [-0.2, 0) is 9.59 Å². The van der Waals surface area contributed by atoms with E-state index in [9.17, 15) is 9.59 Å². The van der Waals surface area contributed by atoms with Gasteiger partial charge >= 0.3 is 0 Å². The number of amides is 2. The minimum Gasteiger partial charge on any atom is -0.493 e. The van der Waals surface area contributed by atoms with Gasteiger partial charge in [-0.2, -0.15) is 0 Å². The Kier molecular flexibility index (Phi) is 5.49. The molecule has 3 rings (SSSR count). The third-order valence-electron chi connectivity index (χ3n) is 4.29. The highest BCUT2D eigenvalue weighted by Crippen LogP contribution is 2.33. The fourth-order valence-electron chi connectivity index (χ4n) is 2.91. The second-order valence-corrected chi connectivity index (χ2v) is 6.17. The van der Waals surface area contributed by atoms with Crippen molar-refractivity contribution >= 4 is 23.2 Å². The molecule has 0 saturated heterocycles. The molecule has 1 heterocycles. The first-order valence-corrected chi connectivity index (χ1v) is 8.57. The molecule has 0 fully saturated rings. The van der Waals surface area contributed by atoms with Crippen molar-refractivity contribution < 1.29 is 23.8 Å².